The Kier molecular flexibility index (Phi) is 5.24. The fraction of sp³-hybridized carbons (Fsp3) is 0.533. The SMILES string of the molecule is CC(C)CNCC(C)Cc1nnnn1-c1ccccc1. The Morgan fingerprint density at radius 2 is 1.85 bits per heavy atom. The van der Waals surface area contributed by atoms with Crippen LogP contribution in [-0.2, 0) is 6.42 Å². The second-order valence-electron chi connectivity index (χ2n) is 5.70. The van der Waals surface area contributed by atoms with Gasteiger partial charge < -0.3 is 5.32 Å². The molecular formula is C15H23N5. The van der Waals surface area contributed by atoms with E-state index in [-0.39, 0.29) is 0 Å². The molecule has 1 atom stereocenters. The quantitative estimate of drug-likeness (QED) is 0.839. The van der Waals surface area contributed by atoms with Gasteiger partial charge in [0.05, 0.1) is 5.69 Å². The van der Waals surface area contributed by atoms with E-state index in [0.717, 1.165) is 31.0 Å². The predicted octanol–water partition coefficient (Wildman–Crippen LogP) is 2.09. The van der Waals surface area contributed by atoms with Crippen LogP contribution in [0.5, 0.6) is 0 Å². The monoisotopic (exact) mass is 273 g/mol. The van der Waals surface area contributed by atoms with Crippen LogP contribution in [0.2, 0.25) is 0 Å². The molecule has 0 aliphatic rings. The highest BCUT2D eigenvalue weighted by Crippen LogP contribution is 2.10. The lowest BCUT2D eigenvalue weighted by molar-refractivity contribution is 0.464. The van der Waals surface area contributed by atoms with Crippen LogP contribution in [0.3, 0.4) is 0 Å². The van der Waals surface area contributed by atoms with Crippen molar-refractivity contribution in [3.05, 3.63) is 36.2 Å². The average molecular weight is 273 g/mol. The van der Waals surface area contributed by atoms with Crippen LogP contribution in [-0.4, -0.2) is 33.3 Å². The fourth-order valence-electron chi connectivity index (χ4n) is 2.11. The maximum Gasteiger partial charge on any atom is 0.157 e. The Balaban J connectivity index is 1.95. The van der Waals surface area contributed by atoms with E-state index >= 15 is 0 Å². The molecule has 20 heavy (non-hydrogen) atoms. The fourth-order valence-corrected chi connectivity index (χ4v) is 2.11. The largest absolute Gasteiger partial charge is 0.316 e. The first-order chi connectivity index (χ1) is 9.66. The first-order valence-electron chi connectivity index (χ1n) is 7.20. The third-order valence-electron chi connectivity index (χ3n) is 3.11. The zero-order valence-corrected chi connectivity index (χ0v) is 12.5. The van der Waals surface area contributed by atoms with E-state index in [0.29, 0.717) is 11.8 Å². The minimum atomic E-state index is 0.502. The number of aromatic nitrogens is 4. The second kappa shape index (κ2) is 7.14. The number of hydrogen-bond acceptors (Lipinski definition) is 4. The van der Waals surface area contributed by atoms with Crippen molar-refractivity contribution in [1.29, 1.82) is 0 Å². The van der Waals surface area contributed by atoms with Gasteiger partial charge in [0.15, 0.2) is 5.82 Å². The lowest BCUT2D eigenvalue weighted by Gasteiger charge is -2.13. The van der Waals surface area contributed by atoms with Crippen LogP contribution in [0.25, 0.3) is 5.69 Å². The maximum absolute atomic E-state index is 4.15. The van der Waals surface area contributed by atoms with Crippen molar-refractivity contribution in [2.24, 2.45) is 11.8 Å². The zero-order valence-electron chi connectivity index (χ0n) is 12.5. The summed E-state index contributed by atoms with van der Waals surface area (Å²) in [7, 11) is 0. The molecular weight excluding hydrogens is 250 g/mol. The summed E-state index contributed by atoms with van der Waals surface area (Å²) in [5, 5.41) is 15.5. The molecule has 0 bridgehead atoms. The summed E-state index contributed by atoms with van der Waals surface area (Å²) < 4.78 is 1.82. The molecule has 1 aromatic carbocycles. The van der Waals surface area contributed by atoms with Gasteiger partial charge in [-0.25, -0.2) is 0 Å². The molecule has 2 rings (SSSR count). The lowest BCUT2D eigenvalue weighted by Crippen LogP contribution is -2.26. The number of nitrogens with zero attached hydrogens (tertiary/aromatic N) is 4. The maximum atomic E-state index is 4.15. The van der Waals surface area contributed by atoms with Crippen molar-refractivity contribution in [1.82, 2.24) is 25.5 Å². The van der Waals surface area contributed by atoms with Crippen LogP contribution in [0.15, 0.2) is 30.3 Å². The molecule has 0 spiro atoms. The number of benzene rings is 1. The minimum Gasteiger partial charge on any atom is -0.316 e. The van der Waals surface area contributed by atoms with Crippen molar-refractivity contribution < 1.29 is 0 Å². The molecule has 5 nitrogen and oxygen atoms in total. The van der Waals surface area contributed by atoms with E-state index in [2.05, 4.69) is 41.6 Å². The van der Waals surface area contributed by atoms with Crippen LogP contribution in [0, 0.1) is 11.8 Å². The van der Waals surface area contributed by atoms with Gasteiger partial charge in [-0.1, -0.05) is 39.0 Å². The van der Waals surface area contributed by atoms with Gasteiger partial charge >= 0.3 is 0 Å². The van der Waals surface area contributed by atoms with Crippen molar-refractivity contribution in [3.8, 4) is 5.69 Å². The number of para-hydroxylation sites is 1. The molecule has 0 amide bonds. The molecule has 108 valence electrons. The van der Waals surface area contributed by atoms with E-state index in [1.165, 1.54) is 0 Å². The molecule has 0 fully saturated rings. The van der Waals surface area contributed by atoms with Crippen LogP contribution >= 0.6 is 0 Å². The number of nitrogens with one attached hydrogen (secondary N) is 1. The number of rotatable bonds is 7. The van der Waals surface area contributed by atoms with E-state index in [1.54, 1.807) is 0 Å². The molecule has 1 unspecified atom stereocenters. The highest BCUT2D eigenvalue weighted by molar-refractivity contribution is 5.30. The molecule has 0 radical (unpaired) electrons. The van der Waals surface area contributed by atoms with E-state index in [4.69, 9.17) is 0 Å². The molecule has 2 aromatic rings. The van der Waals surface area contributed by atoms with Gasteiger partial charge in [0.25, 0.3) is 0 Å². The molecule has 5 heteroatoms. The molecule has 0 saturated carbocycles. The summed E-state index contributed by atoms with van der Waals surface area (Å²) >= 11 is 0. The van der Waals surface area contributed by atoms with E-state index < -0.39 is 0 Å². The standard InChI is InChI=1S/C15H23N5/c1-12(2)10-16-11-13(3)9-15-17-18-19-20(15)14-7-5-4-6-8-14/h4-8,12-13,16H,9-11H2,1-3H3. The average Bonchev–Trinajstić information content (AvgIpc) is 2.87. The lowest BCUT2D eigenvalue weighted by atomic mass is 10.1. The molecule has 1 heterocycles. The number of tetrazole rings is 1. The Labute approximate surface area is 120 Å². The van der Waals surface area contributed by atoms with Crippen molar-refractivity contribution in [2.45, 2.75) is 27.2 Å². The van der Waals surface area contributed by atoms with Crippen molar-refractivity contribution >= 4 is 0 Å². The third kappa shape index (κ3) is 4.13. The topological polar surface area (TPSA) is 55.6 Å². The van der Waals surface area contributed by atoms with Gasteiger partial charge in [-0.15, -0.1) is 5.10 Å². The Bertz CT molecular complexity index is 506. The van der Waals surface area contributed by atoms with Crippen molar-refractivity contribution in [2.75, 3.05) is 13.1 Å². The summed E-state index contributed by atoms with van der Waals surface area (Å²) in [4.78, 5) is 0. The summed E-state index contributed by atoms with van der Waals surface area (Å²) in [6.45, 7) is 8.69. The van der Waals surface area contributed by atoms with E-state index in [9.17, 15) is 0 Å². The molecule has 0 aliphatic heterocycles. The predicted molar refractivity (Wildman–Crippen MR) is 79.7 cm³/mol. The summed E-state index contributed by atoms with van der Waals surface area (Å²) in [5.74, 6) is 2.09. The van der Waals surface area contributed by atoms with Gasteiger partial charge in [-0.2, -0.15) is 4.68 Å². The smallest absolute Gasteiger partial charge is 0.157 e. The Morgan fingerprint density at radius 3 is 2.55 bits per heavy atom. The van der Waals surface area contributed by atoms with Crippen LogP contribution in [0.4, 0.5) is 0 Å². The molecule has 0 aliphatic carbocycles. The van der Waals surface area contributed by atoms with Gasteiger partial charge in [0.2, 0.25) is 0 Å². The normalized spacial score (nSPS) is 12.8. The van der Waals surface area contributed by atoms with E-state index in [1.807, 2.05) is 35.0 Å². The zero-order chi connectivity index (χ0) is 14.4. The first kappa shape index (κ1) is 14.7. The minimum absolute atomic E-state index is 0.502. The van der Waals surface area contributed by atoms with Crippen LogP contribution < -0.4 is 5.32 Å². The summed E-state index contributed by atoms with van der Waals surface area (Å²) in [6, 6.07) is 10.0. The van der Waals surface area contributed by atoms with Crippen molar-refractivity contribution in [3.63, 3.8) is 0 Å². The Morgan fingerprint density at radius 1 is 1.10 bits per heavy atom. The Hall–Kier alpha value is -1.75. The van der Waals surface area contributed by atoms with Gasteiger partial charge in [-0.05, 0) is 47.5 Å². The second-order valence-corrected chi connectivity index (χ2v) is 5.70. The van der Waals surface area contributed by atoms with Crippen LogP contribution in [0.1, 0.15) is 26.6 Å². The molecule has 1 aromatic heterocycles. The molecule has 0 saturated heterocycles. The number of hydrogen-bond donors (Lipinski definition) is 1. The summed E-state index contributed by atoms with van der Waals surface area (Å²) in [6.07, 6.45) is 0.868. The third-order valence-corrected chi connectivity index (χ3v) is 3.11. The summed E-state index contributed by atoms with van der Waals surface area (Å²) in [5.41, 5.74) is 1.01. The first-order valence-corrected chi connectivity index (χ1v) is 7.20. The van der Waals surface area contributed by atoms with Gasteiger partial charge in [-0.3, -0.25) is 0 Å². The molecule has 1 N–H and O–H groups in total. The van der Waals surface area contributed by atoms with Gasteiger partial charge in [0.1, 0.15) is 0 Å². The highest BCUT2D eigenvalue weighted by Gasteiger charge is 2.12. The van der Waals surface area contributed by atoms with Gasteiger partial charge in [0, 0.05) is 6.42 Å². The highest BCUT2D eigenvalue weighted by atomic mass is 15.5.